The van der Waals surface area contributed by atoms with E-state index >= 15 is 0 Å². The normalized spacial score (nSPS) is 9.79. The van der Waals surface area contributed by atoms with Crippen molar-refractivity contribution in [1.82, 2.24) is 10.6 Å². The van der Waals surface area contributed by atoms with Crippen LogP contribution in [0, 0.1) is 0 Å². The van der Waals surface area contributed by atoms with Gasteiger partial charge in [-0.05, 0) is 26.3 Å². The van der Waals surface area contributed by atoms with E-state index in [-0.39, 0.29) is 12.3 Å². The zero-order chi connectivity index (χ0) is 10.8. The number of carboxylic acids is 1. The van der Waals surface area contributed by atoms with E-state index in [1.807, 2.05) is 6.92 Å². The smallest absolute Gasteiger partial charge is 0.303 e. The monoisotopic (exact) mass is 202 g/mol. The molecule has 0 saturated carbocycles. The predicted molar refractivity (Wildman–Crippen MR) is 53.0 cm³/mol. The van der Waals surface area contributed by atoms with Crippen molar-refractivity contribution >= 4 is 11.9 Å². The second-order valence-electron chi connectivity index (χ2n) is 2.98. The summed E-state index contributed by atoms with van der Waals surface area (Å²) < 4.78 is 0. The van der Waals surface area contributed by atoms with Crippen LogP contribution >= 0.6 is 0 Å². The standard InChI is InChI=1S/C9H18N2O3/c1-2-11-8(12)7-10-6-4-3-5-9(13)14/h10H,2-7H2,1H3,(H,11,12)(H,13,14). The first kappa shape index (κ1) is 12.9. The third kappa shape index (κ3) is 8.99. The molecule has 1 amide bonds. The van der Waals surface area contributed by atoms with Crippen LogP contribution in [0.2, 0.25) is 0 Å². The summed E-state index contributed by atoms with van der Waals surface area (Å²) in [6.07, 6.45) is 1.63. The van der Waals surface area contributed by atoms with Gasteiger partial charge in [-0.2, -0.15) is 0 Å². The number of carbonyl (C=O) groups excluding carboxylic acids is 1. The summed E-state index contributed by atoms with van der Waals surface area (Å²) in [5, 5.41) is 13.9. The molecular formula is C9H18N2O3. The number of hydrogen-bond acceptors (Lipinski definition) is 3. The summed E-state index contributed by atoms with van der Waals surface area (Å²) in [7, 11) is 0. The van der Waals surface area contributed by atoms with Crippen LogP contribution in [0.25, 0.3) is 0 Å². The number of rotatable bonds is 8. The number of carboxylic acid groups (broad SMARTS) is 1. The zero-order valence-electron chi connectivity index (χ0n) is 8.51. The zero-order valence-corrected chi connectivity index (χ0v) is 8.51. The quantitative estimate of drug-likeness (QED) is 0.483. The largest absolute Gasteiger partial charge is 0.481 e. The highest BCUT2D eigenvalue weighted by Gasteiger charge is 1.98. The van der Waals surface area contributed by atoms with E-state index in [9.17, 15) is 9.59 Å². The summed E-state index contributed by atoms with van der Waals surface area (Å²) in [6.45, 7) is 3.50. The predicted octanol–water partition coefficient (Wildman–Crippen LogP) is -0.0330. The molecule has 82 valence electrons. The molecule has 0 bridgehead atoms. The number of hydrogen-bond donors (Lipinski definition) is 3. The summed E-state index contributed by atoms with van der Waals surface area (Å²) in [5.41, 5.74) is 0. The fourth-order valence-corrected chi connectivity index (χ4v) is 0.988. The SMILES string of the molecule is CCNC(=O)CNCCCCC(=O)O. The van der Waals surface area contributed by atoms with Gasteiger partial charge >= 0.3 is 5.97 Å². The van der Waals surface area contributed by atoms with Gasteiger partial charge in [-0.15, -0.1) is 0 Å². The average Bonchev–Trinajstić information content (AvgIpc) is 2.11. The summed E-state index contributed by atoms with van der Waals surface area (Å²) in [4.78, 5) is 21.1. The van der Waals surface area contributed by atoms with Crippen LogP contribution in [0.1, 0.15) is 26.2 Å². The lowest BCUT2D eigenvalue weighted by Gasteiger charge is -2.03. The van der Waals surface area contributed by atoms with Crippen LogP contribution < -0.4 is 10.6 Å². The van der Waals surface area contributed by atoms with E-state index in [1.54, 1.807) is 0 Å². The van der Waals surface area contributed by atoms with Gasteiger partial charge in [0.1, 0.15) is 0 Å². The molecule has 5 nitrogen and oxygen atoms in total. The van der Waals surface area contributed by atoms with Gasteiger partial charge in [0.25, 0.3) is 0 Å². The molecule has 0 rings (SSSR count). The molecule has 0 aromatic carbocycles. The number of nitrogens with one attached hydrogen (secondary N) is 2. The summed E-state index contributed by atoms with van der Waals surface area (Å²) >= 11 is 0. The Balaban J connectivity index is 3.13. The second-order valence-corrected chi connectivity index (χ2v) is 2.98. The third-order valence-electron chi connectivity index (χ3n) is 1.65. The van der Waals surface area contributed by atoms with Gasteiger partial charge in [-0.25, -0.2) is 0 Å². The van der Waals surface area contributed by atoms with Gasteiger partial charge in [0.2, 0.25) is 5.91 Å². The summed E-state index contributed by atoms with van der Waals surface area (Å²) in [5.74, 6) is -0.792. The second kappa shape index (κ2) is 8.50. The van der Waals surface area contributed by atoms with Crippen molar-refractivity contribution in [3.05, 3.63) is 0 Å². The van der Waals surface area contributed by atoms with E-state index < -0.39 is 5.97 Å². The lowest BCUT2D eigenvalue weighted by atomic mass is 10.2. The lowest BCUT2D eigenvalue weighted by molar-refractivity contribution is -0.137. The Morgan fingerprint density at radius 1 is 1.29 bits per heavy atom. The highest BCUT2D eigenvalue weighted by atomic mass is 16.4. The molecule has 0 aliphatic carbocycles. The van der Waals surface area contributed by atoms with E-state index in [0.717, 1.165) is 6.42 Å². The fraction of sp³-hybridized carbons (Fsp3) is 0.778. The molecule has 3 N–H and O–H groups in total. The number of aliphatic carboxylic acids is 1. The Kier molecular flexibility index (Phi) is 7.83. The van der Waals surface area contributed by atoms with Gasteiger partial charge in [0.05, 0.1) is 6.54 Å². The van der Waals surface area contributed by atoms with Crippen molar-refractivity contribution in [2.24, 2.45) is 0 Å². The molecule has 0 radical (unpaired) electrons. The van der Waals surface area contributed by atoms with Crippen molar-refractivity contribution in [2.45, 2.75) is 26.2 Å². The molecule has 14 heavy (non-hydrogen) atoms. The fourth-order valence-electron chi connectivity index (χ4n) is 0.988. The Morgan fingerprint density at radius 2 is 2.00 bits per heavy atom. The van der Waals surface area contributed by atoms with Crippen LogP contribution in [-0.4, -0.2) is 36.6 Å². The lowest BCUT2D eigenvalue weighted by Crippen LogP contribution is -2.34. The minimum atomic E-state index is -0.770. The number of unbranched alkanes of at least 4 members (excludes halogenated alkanes) is 1. The highest BCUT2D eigenvalue weighted by Crippen LogP contribution is 1.92. The van der Waals surface area contributed by atoms with E-state index in [0.29, 0.717) is 26.1 Å². The Bertz CT molecular complexity index is 183. The molecule has 0 aromatic heterocycles. The number of likely N-dealkylation sites (N-methyl/N-ethyl adjacent to an activating group) is 1. The minimum absolute atomic E-state index is 0.0225. The van der Waals surface area contributed by atoms with Gasteiger partial charge < -0.3 is 15.7 Å². The molecular weight excluding hydrogens is 184 g/mol. The first-order chi connectivity index (χ1) is 6.66. The first-order valence-electron chi connectivity index (χ1n) is 4.86. The third-order valence-corrected chi connectivity index (χ3v) is 1.65. The highest BCUT2D eigenvalue weighted by molar-refractivity contribution is 5.77. The molecule has 0 unspecified atom stereocenters. The van der Waals surface area contributed by atoms with Crippen molar-refractivity contribution in [3.8, 4) is 0 Å². The van der Waals surface area contributed by atoms with Crippen molar-refractivity contribution < 1.29 is 14.7 Å². The maximum atomic E-state index is 10.9. The minimum Gasteiger partial charge on any atom is -0.481 e. The molecule has 0 aliphatic rings. The molecule has 0 spiro atoms. The van der Waals surface area contributed by atoms with Crippen LogP contribution in [-0.2, 0) is 9.59 Å². The molecule has 0 saturated heterocycles. The molecule has 0 atom stereocenters. The van der Waals surface area contributed by atoms with Gasteiger partial charge in [-0.1, -0.05) is 0 Å². The van der Waals surface area contributed by atoms with Crippen LogP contribution in [0.15, 0.2) is 0 Å². The van der Waals surface area contributed by atoms with Crippen molar-refractivity contribution in [1.29, 1.82) is 0 Å². The molecule has 5 heteroatoms. The van der Waals surface area contributed by atoms with E-state index in [2.05, 4.69) is 10.6 Å². The Morgan fingerprint density at radius 3 is 2.57 bits per heavy atom. The van der Waals surface area contributed by atoms with Crippen LogP contribution in [0.4, 0.5) is 0 Å². The van der Waals surface area contributed by atoms with Gasteiger partial charge in [-0.3, -0.25) is 9.59 Å². The van der Waals surface area contributed by atoms with Gasteiger partial charge in [0, 0.05) is 13.0 Å². The number of carbonyl (C=O) groups is 2. The van der Waals surface area contributed by atoms with Crippen LogP contribution in [0.5, 0.6) is 0 Å². The van der Waals surface area contributed by atoms with Crippen molar-refractivity contribution in [3.63, 3.8) is 0 Å². The Hall–Kier alpha value is -1.10. The number of amides is 1. The maximum absolute atomic E-state index is 10.9. The van der Waals surface area contributed by atoms with Gasteiger partial charge in [0.15, 0.2) is 0 Å². The molecule has 0 aromatic rings. The van der Waals surface area contributed by atoms with E-state index in [4.69, 9.17) is 5.11 Å². The first-order valence-corrected chi connectivity index (χ1v) is 4.86. The van der Waals surface area contributed by atoms with Crippen LogP contribution in [0.3, 0.4) is 0 Å². The average molecular weight is 202 g/mol. The molecule has 0 fully saturated rings. The van der Waals surface area contributed by atoms with E-state index in [1.165, 1.54) is 0 Å². The molecule has 0 heterocycles. The molecule has 0 aliphatic heterocycles. The topological polar surface area (TPSA) is 78.4 Å². The maximum Gasteiger partial charge on any atom is 0.303 e. The Labute approximate surface area is 83.9 Å². The summed E-state index contributed by atoms with van der Waals surface area (Å²) in [6, 6.07) is 0. The van der Waals surface area contributed by atoms with Crippen molar-refractivity contribution in [2.75, 3.05) is 19.6 Å².